The molecule has 6 nitrogen and oxygen atoms in total. The molecule has 1 fully saturated rings. The number of carbonyl (C=O) groups is 2. The van der Waals surface area contributed by atoms with E-state index in [2.05, 4.69) is 17.1 Å². The summed E-state index contributed by atoms with van der Waals surface area (Å²) >= 11 is 0. The lowest BCUT2D eigenvalue weighted by Crippen LogP contribution is -2.50. The number of hydrogen-bond donors (Lipinski definition) is 2. The minimum Gasteiger partial charge on any atom is -0.480 e. The van der Waals surface area contributed by atoms with Gasteiger partial charge in [0.1, 0.15) is 6.04 Å². The second-order valence-electron chi connectivity index (χ2n) is 5.83. The number of aromatic amines is 1. The van der Waals surface area contributed by atoms with Crippen LogP contribution in [0.3, 0.4) is 0 Å². The number of aryl methyl sites for hydroxylation is 2. The summed E-state index contributed by atoms with van der Waals surface area (Å²) in [5.41, 5.74) is 2.55. The molecule has 1 amide bonds. The number of carbonyl (C=O) groups excluding carboxylic acids is 1. The van der Waals surface area contributed by atoms with Crippen LogP contribution in [0.5, 0.6) is 0 Å². The monoisotopic (exact) mass is 293 g/mol. The van der Waals surface area contributed by atoms with Gasteiger partial charge < -0.3 is 10.0 Å². The number of amides is 1. The molecule has 2 heterocycles. The van der Waals surface area contributed by atoms with Crippen molar-refractivity contribution >= 4 is 11.9 Å². The predicted molar refractivity (Wildman–Crippen MR) is 77.9 cm³/mol. The zero-order chi connectivity index (χ0) is 15.6. The molecule has 0 saturated carbocycles. The lowest BCUT2D eigenvalue weighted by Gasteiger charge is -2.37. The van der Waals surface area contributed by atoms with Crippen LogP contribution >= 0.6 is 0 Å². The lowest BCUT2D eigenvalue weighted by molar-refractivity contribution is -0.152. The fourth-order valence-corrected chi connectivity index (χ4v) is 3.03. The molecule has 6 heteroatoms. The molecule has 1 aliphatic heterocycles. The largest absolute Gasteiger partial charge is 0.480 e. The Morgan fingerprint density at radius 1 is 1.43 bits per heavy atom. The fourth-order valence-electron chi connectivity index (χ4n) is 3.03. The van der Waals surface area contributed by atoms with E-state index in [1.807, 2.05) is 13.8 Å². The molecule has 116 valence electrons. The van der Waals surface area contributed by atoms with Crippen molar-refractivity contribution < 1.29 is 14.7 Å². The molecule has 1 aromatic rings. The highest BCUT2D eigenvalue weighted by atomic mass is 16.4. The predicted octanol–water partition coefficient (Wildman–Crippen LogP) is 1.67. The third kappa shape index (κ3) is 3.25. The Morgan fingerprint density at radius 2 is 2.14 bits per heavy atom. The standard InChI is InChI=1S/C15H23N3O3/c1-4-11-5-6-18(13(7-11)15(20)21)14(19)8-12-9(2)16-17-10(12)3/h11,13H,4-8H2,1-3H3,(H,16,17)(H,20,21). The quantitative estimate of drug-likeness (QED) is 0.884. The van der Waals surface area contributed by atoms with Crippen molar-refractivity contribution in [1.82, 2.24) is 15.1 Å². The Morgan fingerprint density at radius 3 is 2.67 bits per heavy atom. The summed E-state index contributed by atoms with van der Waals surface area (Å²) < 4.78 is 0. The van der Waals surface area contributed by atoms with Gasteiger partial charge in [0, 0.05) is 17.8 Å². The van der Waals surface area contributed by atoms with Gasteiger partial charge >= 0.3 is 5.97 Å². The molecule has 21 heavy (non-hydrogen) atoms. The summed E-state index contributed by atoms with van der Waals surface area (Å²) in [7, 11) is 0. The summed E-state index contributed by atoms with van der Waals surface area (Å²) in [6.07, 6.45) is 2.62. The Balaban J connectivity index is 2.12. The first-order valence-corrected chi connectivity index (χ1v) is 7.46. The zero-order valence-corrected chi connectivity index (χ0v) is 12.8. The van der Waals surface area contributed by atoms with Crippen LogP contribution in [-0.4, -0.2) is 44.7 Å². The SMILES string of the molecule is CCC1CCN(C(=O)Cc2c(C)n[nH]c2C)C(C(=O)O)C1. The Bertz CT molecular complexity index is 519. The van der Waals surface area contributed by atoms with E-state index in [1.165, 1.54) is 4.90 Å². The number of nitrogens with one attached hydrogen (secondary N) is 1. The van der Waals surface area contributed by atoms with E-state index < -0.39 is 12.0 Å². The van der Waals surface area contributed by atoms with E-state index in [1.54, 1.807) is 0 Å². The van der Waals surface area contributed by atoms with E-state index in [0.717, 1.165) is 29.8 Å². The average Bonchev–Trinajstić information content (AvgIpc) is 2.78. The number of nitrogens with zero attached hydrogens (tertiary/aromatic N) is 2. The van der Waals surface area contributed by atoms with Gasteiger partial charge in [-0.1, -0.05) is 13.3 Å². The molecule has 0 aliphatic carbocycles. The van der Waals surface area contributed by atoms with Crippen molar-refractivity contribution in [3.8, 4) is 0 Å². The molecule has 1 saturated heterocycles. The number of hydrogen-bond acceptors (Lipinski definition) is 3. The van der Waals surface area contributed by atoms with E-state index in [4.69, 9.17) is 0 Å². The van der Waals surface area contributed by atoms with Crippen molar-refractivity contribution in [3.63, 3.8) is 0 Å². The highest BCUT2D eigenvalue weighted by Gasteiger charge is 2.35. The van der Waals surface area contributed by atoms with Crippen LogP contribution in [0.15, 0.2) is 0 Å². The first-order chi connectivity index (χ1) is 9.93. The van der Waals surface area contributed by atoms with Gasteiger partial charge in [-0.15, -0.1) is 0 Å². The highest BCUT2D eigenvalue weighted by molar-refractivity contribution is 5.85. The second kappa shape index (κ2) is 6.28. The first-order valence-electron chi connectivity index (χ1n) is 7.46. The Labute approximate surface area is 124 Å². The molecule has 0 bridgehead atoms. The summed E-state index contributed by atoms with van der Waals surface area (Å²) in [4.78, 5) is 25.5. The molecule has 0 aromatic carbocycles. The van der Waals surface area contributed by atoms with Crippen LogP contribution in [0.2, 0.25) is 0 Å². The van der Waals surface area contributed by atoms with Crippen LogP contribution in [-0.2, 0) is 16.0 Å². The number of carboxylic acids is 1. The van der Waals surface area contributed by atoms with Crippen molar-refractivity contribution in [3.05, 3.63) is 17.0 Å². The van der Waals surface area contributed by atoms with Gasteiger partial charge in [-0.25, -0.2) is 4.79 Å². The molecule has 2 N–H and O–H groups in total. The topological polar surface area (TPSA) is 86.3 Å². The zero-order valence-electron chi connectivity index (χ0n) is 12.8. The number of carboxylic acid groups (broad SMARTS) is 1. The van der Waals surface area contributed by atoms with Gasteiger partial charge in [0.15, 0.2) is 0 Å². The van der Waals surface area contributed by atoms with E-state index >= 15 is 0 Å². The van der Waals surface area contributed by atoms with E-state index in [-0.39, 0.29) is 12.3 Å². The fraction of sp³-hybridized carbons (Fsp3) is 0.667. The summed E-state index contributed by atoms with van der Waals surface area (Å²) in [6.45, 7) is 6.33. The smallest absolute Gasteiger partial charge is 0.326 e. The maximum Gasteiger partial charge on any atom is 0.326 e. The van der Waals surface area contributed by atoms with Gasteiger partial charge in [-0.05, 0) is 32.6 Å². The number of piperidine rings is 1. The van der Waals surface area contributed by atoms with Gasteiger partial charge in [0.25, 0.3) is 0 Å². The molecular weight excluding hydrogens is 270 g/mol. The van der Waals surface area contributed by atoms with Crippen molar-refractivity contribution in [2.24, 2.45) is 5.92 Å². The van der Waals surface area contributed by atoms with Gasteiger partial charge in [0.2, 0.25) is 5.91 Å². The van der Waals surface area contributed by atoms with Crippen molar-refractivity contribution in [2.45, 2.75) is 52.5 Å². The molecule has 2 unspecified atom stereocenters. The van der Waals surface area contributed by atoms with Crippen LogP contribution in [0.25, 0.3) is 0 Å². The molecule has 1 aromatic heterocycles. The third-order valence-electron chi connectivity index (χ3n) is 4.50. The molecule has 0 spiro atoms. The van der Waals surface area contributed by atoms with E-state index in [9.17, 15) is 14.7 Å². The van der Waals surface area contributed by atoms with Crippen LogP contribution in [0.4, 0.5) is 0 Å². The van der Waals surface area contributed by atoms with Crippen LogP contribution < -0.4 is 0 Å². The van der Waals surface area contributed by atoms with Crippen molar-refractivity contribution in [2.75, 3.05) is 6.54 Å². The maximum atomic E-state index is 12.5. The normalized spacial score (nSPS) is 22.3. The summed E-state index contributed by atoms with van der Waals surface area (Å²) in [5, 5.41) is 16.3. The van der Waals surface area contributed by atoms with Crippen LogP contribution in [0.1, 0.15) is 43.1 Å². The third-order valence-corrected chi connectivity index (χ3v) is 4.50. The first kappa shape index (κ1) is 15.5. The van der Waals surface area contributed by atoms with E-state index in [0.29, 0.717) is 18.9 Å². The molecule has 2 rings (SSSR count). The number of rotatable bonds is 4. The highest BCUT2D eigenvalue weighted by Crippen LogP contribution is 2.26. The lowest BCUT2D eigenvalue weighted by atomic mass is 9.88. The van der Waals surface area contributed by atoms with Gasteiger partial charge in [-0.2, -0.15) is 5.10 Å². The molecule has 0 radical (unpaired) electrons. The second-order valence-corrected chi connectivity index (χ2v) is 5.83. The number of likely N-dealkylation sites (tertiary alicyclic amines) is 1. The summed E-state index contributed by atoms with van der Waals surface area (Å²) in [5.74, 6) is -0.626. The molecule has 1 aliphatic rings. The summed E-state index contributed by atoms with van der Waals surface area (Å²) in [6, 6.07) is -0.691. The molecule has 2 atom stereocenters. The number of aliphatic carboxylic acids is 1. The van der Waals surface area contributed by atoms with Gasteiger partial charge in [-0.3, -0.25) is 9.89 Å². The Hall–Kier alpha value is -1.85. The maximum absolute atomic E-state index is 12.5. The number of H-pyrrole nitrogens is 1. The minimum atomic E-state index is -0.901. The minimum absolute atomic E-state index is 0.121. The average molecular weight is 293 g/mol. The van der Waals surface area contributed by atoms with Crippen LogP contribution in [0, 0.1) is 19.8 Å². The Kier molecular flexibility index (Phi) is 4.65. The van der Waals surface area contributed by atoms with Crippen molar-refractivity contribution in [1.29, 1.82) is 0 Å². The molecular formula is C15H23N3O3. The van der Waals surface area contributed by atoms with Gasteiger partial charge in [0.05, 0.1) is 12.1 Å². The number of aromatic nitrogens is 2.